The quantitative estimate of drug-likeness (QED) is 0.0332. The summed E-state index contributed by atoms with van der Waals surface area (Å²) >= 11 is 0. The van der Waals surface area contributed by atoms with Gasteiger partial charge in [0.1, 0.15) is 11.5 Å². The third-order valence-electron chi connectivity index (χ3n) is 12.6. The molecule has 0 aliphatic carbocycles. The summed E-state index contributed by atoms with van der Waals surface area (Å²) in [4.78, 5) is 0. The molecule has 0 saturated heterocycles. The summed E-state index contributed by atoms with van der Waals surface area (Å²) in [5.41, 5.74) is 2.71. The molecule has 0 aliphatic rings. The highest BCUT2D eigenvalue weighted by molar-refractivity contribution is 7.69. The van der Waals surface area contributed by atoms with Crippen LogP contribution in [0.2, 0.25) is 0 Å². The van der Waals surface area contributed by atoms with Gasteiger partial charge in [0.15, 0.2) is 16.3 Å². The summed E-state index contributed by atoms with van der Waals surface area (Å²) in [5.74, 6) is 1.85. The van der Waals surface area contributed by atoms with Crippen LogP contribution in [0.5, 0.6) is 11.5 Å². The van der Waals surface area contributed by atoms with E-state index in [2.05, 4.69) is 184 Å². The van der Waals surface area contributed by atoms with Crippen LogP contribution in [0.1, 0.15) is 153 Å². The Morgan fingerprint density at radius 3 is 0.825 bits per heavy atom. The lowest BCUT2D eigenvalue weighted by molar-refractivity contribution is 0.389. The molecule has 63 heavy (non-hydrogen) atoms. The van der Waals surface area contributed by atoms with Crippen molar-refractivity contribution in [2.24, 2.45) is 0 Å². The molecule has 0 spiro atoms. The van der Waals surface area contributed by atoms with E-state index in [9.17, 15) is 0 Å². The van der Waals surface area contributed by atoms with Gasteiger partial charge >= 0.3 is 0 Å². The summed E-state index contributed by atoms with van der Waals surface area (Å²) in [7, 11) is -2.02. The molecule has 0 unspecified atom stereocenters. The van der Waals surface area contributed by atoms with Crippen LogP contribution in [0.25, 0.3) is 0 Å². The molecular formula is C59H74O2P2. The summed E-state index contributed by atoms with van der Waals surface area (Å²) in [6, 6.07) is 61.5. The highest BCUT2D eigenvalue weighted by Crippen LogP contribution is 2.45. The van der Waals surface area contributed by atoms with Gasteiger partial charge in [-0.1, -0.05) is 275 Å². The SMILES string of the molecule is CCCCCCCCCCCC(CCCCCCCCCCC)(c1ccc(OP(c2ccccc2)c2ccccc2)cc1)c1ccc(OP(c2ccccc2)c2ccccc2)cc1. The summed E-state index contributed by atoms with van der Waals surface area (Å²) in [6.07, 6.45) is 26.3. The molecule has 0 amide bonds. The number of rotatable bonds is 30. The van der Waals surface area contributed by atoms with Gasteiger partial charge in [0.2, 0.25) is 0 Å². The molecule has 4 heteroatoms. The van der Waals surface area contributed by atoms with Gasteiger partial charge in [0.05, 0.1) is 0 Å². The normalized spacial score (nSPS) is 11.6. The van der Waals surface area contributed by atoms with Crippen molar-refractivity contribution in [3.8, 4) is 11.5 Å². The van der Waals surface area contributed by atoms with Gasteiger partial charge < -0.3 is 9.05 Å². The van der Waals surface area contributed by atoms with E-state index in [0.29, 0.717) is 0 Å². The predicted octanol–water partition coefficient (Wildman–Crippen LogP) is 16.7. The first-order valence-electron chi connectivity index (χ1n) is 24.6. The van der Waals surface area contributed by atoms with Gasteiger partial charge in [-0.2, -0.15) is 0 Å². The molecule has 0 fully saturated rings. The van der Waals surface area contributed by atoms with Crippen molar-refractivity contribution in [2.45, 2.75) is 148 Å². The van der Waals surface area contributed by atoms with E-state index in [1.165, 1.54) is 148 Å². The van der Waals surface area contributed by atoms with Gasteiger partial charge in [-0.05, 0) is 48.2 Å². The number of hydrogen-bond donors (Lipinski definition) is 0. The fourth-order valence-electron chi connectivity index (χ4n) is 8.99. The topological polar surface area (TPSA) is 18.5 Å². The van der Waals surface area contributed by atoms with Crippen LogP contribution in [-0.2, 0) is 5.41 Å². The van der Waals surface area contributed by atoms with Crippen LogP contribution in [0.4, 0.5) is 0 Å². The number of benzene rings is 6. The average molecular weight is 877 g/mol. The molecule has 0 atom stereocenters. The first-order chi connectivity index (χ1) is 31.2. The van der Waals surface area contributed by atoms with E-state index in [-0.39, 0.29) is 5.41 Å². The minimum Gasteiger partial charge on any atom is -0.464 e. The Bertz CT molecular complexity index is 1820. The van der Waals surface area contributed by atoms with E-state index >= 15 is 0 Å². The minimum absolute atomic E-state index is 0.105. The Morgan fingerprint density at radius 2 is 0.556 bits per heavy atom. The molecule has 0 aliphatic heterocycles. The van der Waals surface area contributed by atoms with Crippen LogP contribution >= 0.6 is 16.3 Å². The molecule has 6 aromatic rings. The van der Waals surface area contributed by atoms with Crippen LogP contribution < -0.4 is 30.3 Å². The second-order valence-corrected chi connectivity index (χ2v) is 21.0. The molecule has 332 valence electrons. The Kier molecular flexibility index (Phi) is 21.3. The lowest BCUT2D eigenvalue weighted by Gasteiger charge is -2.36. The van der Waals surface area contributed by atoms with Gasteiger partial charge in [-0.25, -0.2) is 0 Å². The smallest absolute Gasteiger partial charge is 0.150 e. The largest absolute Gasteiger partial charge is 0.464 e. The van der Waals surface area contributed by atoms with Crippen molar-refractivity contribution >= 4 is 37.5 Å². The van der Waals surface area contributed by atoms with E-state index in [1.807, 2.05) is 0 Å². The van der Waals surface area contributed by atoms with E-state index in [1.54, 1.807) is 0 Å². The molecule has 6 rings (SSSR count). The van der Waals surface area contributed by atoms with Crippen molar-refractivity contribution in [1.82, 2.24) is 0 Å². The van der Waals surface area contributed by atoms with Crippen molar-refractivity contribution in [3.63, 3.8) is 0 Å². The van der Waals surface area contributed by atoms with Gasteiger partial charge in [-0.15, -0.1) is 0 Å². The Balaban J connectivity index is 1.28. The van der Waals surface area contributed by atoms with Gasteiger partial charge in [0.25, 0.3) is 0 Å². The van der Waals surface area contributed by atoms with Crippen molar-refractivity contribution in [1.29, 1.82) is 0 Å². The van der Waals surface area contributed by atoms with Crippen LogP contribution in [0, 0.1) is 0 Å². The van der Waals surface area contributed by atoms with Crippen LogP contribution in [0.15, 0.2) is 170 Å². The minimum atomic E-state index is -1.01. The zero-order valence-electron chi connectivity index (χ0n) is 38.5. The maximum Gasteiger partial charge on any atom is 0.150 e. The number of hydrogen-bond acceptors (Lipinski definition) is 2. The summed E-state index contributed by atoms with van der Waals surface area (Å²) in [5, 5.41) is 4.88. The van der Waals surface area contributed by atoms with Gasteiger partial charge in [-0.3, -0.25) is 0 Å². The Hall–Kier alpha value is -4.22. The standard InChI is InChI=1S/C59H74O2P2/c1-3-5-7-9-11-13-15-17-31-49-59(50-32-18-16-14-12-10-8-6-4-2,51-41-45-53(46-42-51)60-62(55-33-23-19-24-34-55)56-35-25-20-26-36-56)52-43-47-54(48-44-52)61-63(57-37-27-21-28-38-57)58-39-29-22-30-40-58/h19-30,33-48H,3-18,31-32,49-50H2,1-2H3. The molecule has 0 N–H and O–H groups in total. The first-order valence-corrected chi connectivity index (χ1v) is 27.1. The fraction of sp³-hybridized carbons (Fsp3) is 0.390. The van der Waals surface area contributed by atoms with Crippen LogP contribution in [-0.4, -0.2) is 0 Å². The first kappa shape index (κ1) is 48.2. The van der Waals surface area contributed by atoms with Crippen molar-refractivity contribution < 1.29 is 9.05 Å². The third-order valence-corrected chi connectivity index (χ3v) is 16.4. The molecular weight excluding hydrogens is 803 g/mol. The molecule has 0 aromatic heterocycles. The Morgan fingerprint density at radius 1 is 0.302 bits per heavy atom. The molecule has 0 bridgehead atoms. The highest BCUT2D eigenvalue weighted by Gasteiger charge is 2.34. The lowest BCUT2D eigenvalue weighted by Crippen LogP contribution is -2.28. The molecule has 0 radical (unpaired) electrons. The van der Waals surface area contributed by atoms with Crippen molar-refractivity contribution in [3.05, 3.63) is 181 Å². The predicted molar refractivity (Wildman–Crippen MR) is 277 cm³/mol. The summed E-state index contributed by atoms with van der Waals surface area (Å²) < 4.78 is 13.9. The lowest BCUT2D eigenvalue weighted by atomic mass is 9.68. The second kappa shape index (κ2) is 27.9. The average Bonchev–Trinajstić information content (AvgIpc) is 3.35. The number of unbranched alkanes of at least 4 members (excludes halogenated alkanes) is 16. The monoisotopic (exact) mass is 877 g/mol. The van der Waals surface area contributed by atoms with Crippen LogP contribution in [0.3, 0.4) is 0 Å². The third kappa shape index (κ3) is 15.5. The highest BCUT2D eigenvalue weighted by atomic mass is 31.1. The maximum absolute atomic E-state index is 6.96. The van der Waals surface area contributed by atoms with E-state index < -0.39 is 16.3 Å². The molecule has 2 nitrogen and oxygen atoms in total. The van der Waals surface area contributed by atoms with E-state index in [0.717, 1.165) is 24.3 Å². The maximum atomic E-state index is 6.96. The fourth-order valence-corrected chi connectivity index (χ4v) is 12.4. The molecule has 0 saturated carbocycles. The zero-order valence-corrected chi connectivity index (χ0v) is 40.3. The zero-order chi connectivity index (χ0) is 43.6. The van der Waals surface area contributed by atoms with Crippen molar-refractivity contribution in [2.75, 3.05) is 0 Å². The second-order valence-electron chi connectivity index (χ2n) is 17.4. The molecule has 0 heterocycles. The Labute approximate surface area is 385 Å². The summed E-state index contributed by atoms with van der Waals surface area (Å²) in [6.45, 7) is 4.62. The van der Waals surface area contributed by atoms with E-state index in [4.69, 9.17) is 9.05 Å². The van der Waals surface area contributed by atoms with Gasteiger partial charge in [0, 0.05) is 26.6 Å². The molecule has 6 aromatic carbocycles.